The molecule has 4 heterocycles. The zero-order valence-corrected chi connectivity index (χ0v) is 19.4. The van der Waals surface area contributed by atoms with Gasteiger partial charge in [0.2, 0.25) is 0 Å². The Hall–Kier alpha value is -3.48. The van der Waals surface area contributed by atoms with Crippen LogP contribution < -0.4 is 9.64 Å². The topological polar surface area (TPSA) is 42.7 Å². The summed E-state index contributed by atoms with van der Waals surface area (Å²) in [7, 11) is 0. The molecule has 1 aromatic carbocycles. The number of pyridine rings is 2. The van der Waals surface area contributed by atoms with Gasteiger partial charge in [0.05, 0.1) is 5.69 Å². The summed E-state index contributed by atoms with van der Waals surface area (Å²) in [4.78, 5) is 11.8. The first-order valence-corrected chi connectivity index (χ1v) is 11.7. The van der Waals surface area contributed by atoms with Crippen molar-refractivity contribution >= 4 is 11.5 Å². The second-order valence-corrected chi connectivity index (χ2v) is 9.03. The number of alkyl halides is 2. The van der Waals surface area contributed by atoms with Gasteiger partial charge in [-0.1, -0.05) is 25.1 Å². The van der Waals surface area contributed by atoms with Crippen molar-refractivity contribution in [1.29, 1.82) is 0 Å². The van der Waals surface area contributed by atoms with Crippen LogP contribution >= 0.6 is 0 Å². The largest absolute Gasteiger partial charge is 0.435 e. The number of hydrogen-bond acceptors (Lipinski definition) is 4. The van der Waals surface area contributed by atoms with Crippen molar-refractivity contribution in [2.75, 3.05) is 18.0 Å². The number of benzene rings is 1. The van der Waals surface area contributed by atoms with Gasteiger partial charge >= 0.3 is 6.61 Å². The molecule has 5 rings (SSSR count). The van der Waals surface area contributed by atoms with E-state index >= 15 is 0 Å². The van der Waals surface area contributed by atoms with E-state index in [1.807, 2.05) is 48.0 Å². The van der Waals surface area contributed by atoms with Gasteiger partial charge in [0.25, 0.3) is 0 Å². The quantitative estimate of drug-likeness (QED) is 0.346. The Bertz CT molecular complexity index is 1280. The van der Waals surface area contributed by atoms with Crippen molar-refractivity contribution < 1.29 is 13.5 Å². The molecule has 0 bridgehead atoms. The van der Waals surface area contributed by atoms with Crippen LogP contribution in [0.3, 0.4) is 0 Å². The Labute approximate surface area is 198 Å². The maximum atomic E-state index is 12.9. The second kappa shape index (κ2) is 9.41. The van der Waals surface area contributed by atoms with Gasteiger partial charge in [0, 0.05) is 54.3 Å². The number of fused-ring (bicyclic) bond motifs is 1. The molecule has 1 saturated heterocycles. The normalized spacial score (nSPS) is 14.8. The predicted molar refractivity (Wildman–Crippen MR) is 130 cm³/mol. The van der Waals surface area contributed by atoms with E-state index in [4.69, 9.17) is 9.72 Å². The van der Waals surface area contributed by atoms with E-state index in [1.54, 1.807) is 12.1 Å². The van der Waals surface area contributed by atoms with Crippen LogP contribution in [0.15, 0.2) is 60.9 Å². The lowest BCUT2D eigenvalue weighted by Gasteiger charge is -2.31. The summed E-state index contributed by atoms with van der Waals surface area (Å²) in [6, 6.07) is 15.1. The van der Waals surface area contributed by atoms with E-state index in [0.717, 1.165) is 53.0 Å². The fourth-order valence-corrected chi connectivity index (χ4v) is 4.62. The first-order valence-electron chi connectivity index (χ1n) is 11.7. The Morgan fingerprint density at radius 3 is 2.53 bits per heavy atom. The lowest BCUT2D eigenvalue weighted by Crippen LogP contribution is -2.33. The average molecular weight is 463 g/mol. The zero-order valence-electron chi connectivity index (χ0n) is 19.4. The maximum Gasteiger partial charge on any atom is 0.387 e. The molecule has 0 amide bonds. The molecule has 0 atom stereocenters. The van der Waals surface area contributed by atoms with Gasteiger partial charge < -0.3 is 14.0 Å². The van der Waals surface area contributed by atoms with E-state index in [-0.39, 0.29) is 5.75 Å². The summed E-state index contributed by atoms with van der Waals surface area (Å²) in [5.74, 6) is 1.99. The van der Waals surface area contributed by atoms with E-state index in [9.17, 15) is 8.78 Å². The Kier molecular flexibility index (Phi) is 6.18. The number of piperidine rings is 1. The Morgan fingerprint density at radius 2 is 1.79 bits per heavy atom. The molecule has 0 radical (unpaired) electrons. The van der Waals surface area contributed by atoms with Crippen LogP contribution in [-0.4, -0.2) is 34.1 Å². The lowest BCUT2D eigenvalue weighted by molar-refractivity contribution is -0.0503. The third kappa shape index (κ3) is 4.60. The van der Waals surface area contributed by atoms with Crippen LogP contribution in [0.5, 0.6) is 5.75 Å². The standard InChI is InChI=1S/C27H28F2N4O/c1-18-11-13-32(14-12-18)25-9-7-21(16-30-25)22-8-10-26-31-19(2)23(33(26)17-22)15-20-5-3-4-6-24(20)34-27(28)29/h3-10,16-18,27H,11-15H2,1-2H3. The van der Waals surface area contributed by atoms with E-state index in [0.29, 0.717) is 12.0 Å². The summed E-state index contributed by atoms with van der Waals surface area (Å²) in [6.45, 7) is 3.48. The van der Waals surface area contributed by atoms with Crippen LogP contribution in [0, 0.1) is 12.8 Å². The second-order valence-electron chi connectivity index (χ2n) is 9.03. The van der Waals surface area contributed by atoms with Crippen molar-refractivity contribution in [2.45, 2.75) is 39.7 Å². The summed E-state index contributed by atoms with van der Waals surface area (Å²) in [6.07, 6.45) is 6.80. The molecule has 4 aromatic rings. The first kappa shape index (κ1) is 22.3. The molecule has 34 heavy (non-hydrogen) atoms. The lowest BCUT2D eigenvalue weighted by atomic mass is 9.99. The molecule has 176 valence electrons. The first-order chi connectivity index (χ1) is 16.5. The molecule has 0 saturated carbocycles. The minimum Gasteiger partial charge on any atom is -0.435 e. The molecule has 7 heteroatoms. The number of hydrogen-bond donors (Lipinski definition) is 0. The van der Waals surface area contributed by atoms with Crippen LogP contribution in [-0.2, 0) is 6.42 Å². The van der Waals surface area contributed by atoms with Crippen molar-refractivity contribution in [2.24, 2.45) is 5.92 Å². The zero-order chi connectivity index (χ0) is 23.7. The van der Waals surface area contributed by atoms with Gasteiger partial charge in [-0.05, 0) is 56.0 Å². The number of rotatable bonds is 6. The monoisotopic (exact) mass is 462 g/mol. The van der Waals surface area contributed by atoms with Crippen LogP contribution in [0.4, 0.5) is 14.6 Å². The summed E-state index contributed by atoms with van der Waals surface area (Å²) < 4.78 is 32.5. The number of aryl methyl sites for hydroxylation is 1. The summed E-state index contributed by atoms with van der Waals surface area (Å²) >= 11 is 0. The molecule has 1 aliphatic heterocycles. The number of halogens is 2. The highest BCUT2D eigenvalue weighted by Crippen LogP contribution is 2.28. The van der Waals surface area contributed by atoms with Crippen molar-refractivity contribution in [1.82, 2.24) is 14.4 Å². The smallest absolute Gasteiger partial charge is 0.387 e. The number of aromatic nitrogens is 3. The van der Waals surface area contributed by atoms with E-state index in [1.165, 1.54) is 12.8 Å². The van der Waals surface area contributed by atoms with Gasteiger partial charge in [-0.15, -0.1) is 0 Å². The molecule has 3 aromatic heterocycles. The van der Waals surface area contributed by atoms with Gasteiger partial charge in [-0.2, -0.15) is 8.78 Å². The van der Waals surface area contributed by atoms with Gasteiger partial charge in [-0.25, -0.2) is 9.97 Å². The maximum absolute atomic E-state index is 12.9. The molecular weight excluding hydrogens is 434 g/mol. The van der Waals surface area contributed by atoms with E-state index < -0.39 is 6.61 Å². The van der Waals surface area contributed by atoms with E-state index in [2.05, 4.69) is 28.9 Å². The SMILES string of the molecule is Cc1nc2ccc(-c3ccc(N4CCC(C)CC4)nc3)cn2c1Cc1ccccc1OC(F)F. The summed E-state index contributed by atoms with van der Waals surface area (Å²) in [5.41, 5.74) is 5.35. The van der Waals surface area contributed by atoms with Crippen LogP contribution in [0.2, 0.25) is 0 Å². The predicted octanol–water partition coefficient (Wildman–Crippen LogP) is 6.13. The molecule has 0 spiro atoms. The van der Waals surface area contributed by atoms with Gasteiger partial charge in [0.15, 0.2) is 0 Å². The highest BCUT2D eigenvalue weighted by atomic mass is 19.3. The average Bonchev–Trinajstić information content (AvgIpc) is 3.15. The molecular formula is C27H28F2N4O. The molecule has 0 N–H and O–H groups in total. The molecule has 1 fully saturated rings. The number of nitrogens with zero attached hydrogens (tertiary/aromatic N) is 4. The summed E-state index contributed by atoms with van der Waals surface area (Å²) in [5, 5.41) is 0. The highest BCUT2D eigenvalue weighted by molar-refractivity contribution is 5.65. The Balaban J connectivity index is 1.44. The van der Waals surface area contributed by atoms with Crippen molar-refractivity contribution in [3.8, 4) is 16.9 Å². The number of anilines is 1. The number of imidazole rings is 1. The highest BCUT2D eigenvalue weighted by Gasteiger charge is 2.18. The molecule has 1 aliphatic rings. The van der Waals surface area contributed by atoms with Crippen LogP contribution in [0.25, 0.3) is 16.8 Å². The molecule has 5 nitrogen and oxygen atoms in total. The van der Waals surface area contributed by atoms with Gasteiger partial charge in [0.1, 0.15) is 17.2 Å². The third-order valence-electron chi connectivity index (χ3n) is 6.65. The Morgan fingerprint density at radius 1 is 1.03 bits per heavy atom. The molecule has 0 unspecified atom stereocenters. The van der Waals surface area contributed by atoms with Crippen LogP contribution in [0.1, 0.15) is 36.7 Å². The van der Waals surface area contributed by atoms with Crippen molar-refractivity contribution in [3.05, 3.63) is 77.9 Å². The van der Waals surface area contributed by atoms with Crippen molar-refractivity contribution in [3.63, 3.8) is 0 Å². The molecule has 0 aliphatic carbocycles. The fraction of sp³-hybridized carbons (Fsp3) is 0.333. The number of ether oxygens (including phenoxy) is 1. The number of para-hydroxylation sites is 1. The van der Waals surface area contributed by atoms with Gasteiger partial charge in [-0.3, -0.25) is 0 Å². The fourth-order valence-electron chi connectivity index (χ4n) is 4.62. The third-order valence-corrected chi connectivity index (χ3v) is 6.65. The minimum atomic E-state index is -2.86. The minimum absolute atomic E-state index is 0.190.